The maximum Gasteiger partial charge on any atom is 0.412 e. The molecule has 0 saturated carbocycles. The fourth-order valence-electron chi connectivity index (χ4n) is 4.18. The Labute approximate surface area is 230 Å². The highest BCUT2D eigenvalue weighted by atomic mass is 16.6. The van der Waals surface area contributed by atoms with E-state index in [0.29, 0.717) is 23.6 Å². The van der Waals surface area contributed by atoms with Crippen molar-refractivity contribution in [2.45, 2.75) is 26.4 Å². The second kappa shape index (κ2) is 10.6. The molecule has 4 rings (SSSR count). The molecule has 0 radical (unpaired) electrons. The first-order chi connectivity index (χ1) is 18.7. The molecule has 14 nitrogen and oxygen atoms in total. The van der Waals surface area contributed by atoms with Gasteiger partial charge in [-0.15, -0.1) is 0 Å². The first kappa shape index (κ1) is 28.0. The maximum absolute atomic E-state index is 13.0. The minimum Gasteiger partial charge on any atom is -0.444 e. The van der Waals surface area contributed by atoms with Crippen molar-refractivity contribution in [2.75, 3.05) is 29.0 Å². The smallest absolute Gasteiger partial charge is 0.412 e. The fraction of sp³-hybridized carbons (Fsp3) is 0.346. The van der Waals surface area contributed by atoms with Gasteiger partial charge in [0.25, 0.3) is 17.7 Å². The lowest BCUT2D eigenvalue weighted by Crippen LogP contribution is -2.35. The Morgan fingerprint density at radius 1 is 0.775 bits per heavy atom. The number of aromatic nitrogens is 3. The predicted octanol–water partition coefficient (Wildman–Crippen LogP) is 2.72. The molecule has 0 aliphatic carbocycles. The quantitative estimate of drug-likeness (QED) is 0.368. The fourth-order valence-corrected chi connectivity index (χ4v) is 4.18. The summed E-state index contributed by atoms with van der Waals surface area (Å²) in [6, 6.07) is 4.06. The third-order valence-corrected chi connectivity index (χ3v) is 5.96. The molecule has 3 aromatic rings. The Balaban J connectivity index is 1.41. The highest BCUT2D eigenvalue weighted by Gasteiger charge is 2.29. The van der Waals surface area contributed by atoms with Gasteiger partial charge >= 0.3 is 12.1 Å². The molecule has 4 heterocycles. The summed E-state index contributed by atoms with van der Waals surface area (Å²) >= 11 is 0. The van der Waals surface area contributed by atoms with Crippen molar-refractivity contribution in [2.24, 2.45) is 21.1 Å². The van der Waals surface area contributed by atoms with E-state index < -0.39 is 35.4 Å². The summed E-state index contributed by atoms with van der Waals surface area (Å²) in [7, 11) is 4.96. The Morgan fingerprint density at radius 2 is 1.23 bits per heavy atom. The Hall–Kier alpha value is -5.01. The zero-order valence-corrected chi connectivity index (χ0v) is 23.1. The molecule has 6 amide bonds. The van der Waals surface area contributed by atoms with E-state index in [4.69, 9.17) is 4.74 Å². The van der Waals surface area contributed by atoms with E-state index in [1.165, 1.54) is 22.8 Å². The SMILES string of the molecule is Cn1cc(NC(=O)OC(C)(C)C)cc1C(=O)Nc1cc(C(=O)Nc2cc(C(=O)N3CCNC3=O)n(C)c2)n(C)c1. The van der Waals surface area contributed by atoms with Gasteiger partial charge in [-0.2, -0.15) is 0 Å². The first-order valence-electron chi connectivity index (χ1n) is 12.4. The molecule has 4 N–H and O–H groups in total. The van der Waals surface area contributed by atoms with Gasteiger partial charge in [0.15, 0.2) is 0 Å². The molecule has 1 aliphatic heterocycles. The summed E-state index contributed by atoms with van der Waals surface area (Å²) in [5, 5.41) is 10.7. The van der Waals surface area contributed by atoms with E-state index in [1.807, 2.05) is 0 Å². The number of carbonyl (C=O) groups excluding carboxylic acids is 5. The molecule has 1 saturated heterocycles. The molecule has 1 aliphatic rings. The molecular weight excluding hydrogens is 520 g/mol. The number of amides is 6. The number of aryl methyl sites for hydroxylation is 3. The van der Waals surface area contributed by atoms with Gasteiger partial charge in [-0.1, -0.05) is 0 Å². The maximum atomic E-state index is 13.0. The van der Waals surface area contributed by atoms with Crippen LogP contribution in [0.2, 0.25) is 0 Å². The van der Waals surface area contributed by atoms with E-state index in [-0.39, 0.29) is 23.6 Å². The van der Waals surface area contributed by atoms with Crippen LogP contribution in [-0.2, 0) is 25.9 Å². The molecule has 40 heavy (non-hydrogen) atoms. The molecule has 0 aromatic carbocycles. The van der Waals surface area contributed by atoms with Crippen molar-refractivity contribution >= 4 is 46.9 Å². The van der Waals surface area contributed by atoms with E-state index in [2.05, 4.69) is 21.3 Å². The lowest BCUT2D eigenvalue weighted by molar-refractivity contribution is 0.0635. The van der Waals surface area contributed by atoms with Crippen molar-refractivity contribution in [3.05, 3.63) is 53.9 Å². The summed E-state index contributed by atoms with van der Waals surface area (Å²) in [6.45, 7) is 5.91. The number of carbonyl (C=O) groups is 5. The molecule has 3 aromatic heterocycles. The van der Waals surface area contributed by atoms with Gasteiger partial charge in [-0.25, -0.2) is 9.59 Å². The third-order valence-electron chi connectivity index (χ3n) is 5.96. The lowest BCUT2D eigenvalue weighted by atomic mass is 10.2. The van der Waals surface area contributed by atoms with Crippen LogP contribution in [0, 0.1) is 0 Å². The Bertz CT molecular complexity index is 1510. The number of nitrogens with one attached hydrogen (secondary N) is 4. The minimum atomic E-state index is -0.664. The highest BCUT2D eigenvalue weighted by molar-refractivity contribution is 6.08. The summed E-state index contributed by atoms with van der Waals surface area (Å²) < 4.78 is 9.88. The number of rotatable bonds is 6. The minimum absolute atomic E-state index is 0.246. The molecule has 14 heteroatoms. The molecule has 212 valence electrons. The van der Waals surface area contributed by atoms with Gasteiger partial charge in [-0.05, 0) is 39.0 Å². The Kier molecular flexibility index (Phi) is 7.44. The average molecular weight is 553 g/mol. The van der Waals surface area contributed by atoms with E-state index in [0.717, 1.165) is 4.90 Å². The highest BCUT2D eigenvalue weighted by Crippen LogP contribution is 2.21. The molecule has 0 spiro atoms. The van der Waals surface area contributed by atoms with Gasteiger partial charge in [0.2, 0.25) is 0 Å². The average Bonchev–Trinajstić information content (AvgIpc) is 3.59. The van der Waals surface area contributed by atoms with Crippen LogP contribution in [0.5, 0.6) is 0 Å². The van der Waals surface area contributed by atoms with Crippen molar-refractivity contribution in [1.29, 1.82) is 0 Å². The van der Waals surface area contributed by atoms with E-state index >= 15 is 0 Å². The Morgan fingerprint density at radius 3 is 1.68 bits per heavy atom. The summed E-state index contributed by atoms with van der Waals surface area (Å²) in [6.07, 6.45) is 4.10. The number of hydrogen-bond acceptors (Lipinski definition) is 6. The topological polar surface area (TPSA) is 161 Å². The van der Waals surface area contributed by atoms with Crippen LogP contribution >= 0.6 is 0 Å². The van der Waals surface area contributed by atoms with Gasteiger partial charge < -0.3 is 34.4 Å². The second-order valence-corrected chi connectivity index (χ2v) is 10.4. The number of imide groups is 1. The number of urea groups is 1. The van der Waals surface area contributed by atoms with Crippen molar-refractivity contribution in [1.82, 2.24) is 23.9 Å². The van der Waals surface area contributed by atoms with Crippen molar-refractivity contribution in [3.8, 4) is 0 Å². The number of hydrogen-bond donors (Lipinski definition) is 4. The van der Waals surface area contributed by atoms with Gasteiger partial charge in [0.1, 0.15) is 22.7 Å². The van der Waals surface area contributed by atoms with Crippen LogP contribution in [0.15, 0.2) is 36.8 Å². The molecule has 0 unspecified atom stereocenters. The first-order valence-corrected chi connectivity index (χ1v) is 12.4. The van der Waals surface area contributed by atoms with E-state index in [1.54, 1.807) is 69.6 Å². The van der Waals surface area contributed by atoms with Crippen LogP contribution in [0.25, 0.3) is 0 Å². The van der Waals surface area contributed by atoms with E-state index in [9.17, 15) is 24.0 Å². The van der Waals surface area contributed by atoms with Crippen LogP contribution < -0.4 is 21.3 Å². The summed E-state index contributed by atoms with van der Waals surface area (Å²) in [5.41, 5.74) is 1.25. The van der Waals surface area contributed by atoms with Gasteiger partial charge in [0.05, 0.1) is 17.1 Å². The normalized spacial score (nSPS) is 13.2. The van der Waals surface area contributed by atoms with Crippen LogP contribution in [0.3, 0.4) is 0 Å². The summed E-state index contributed by atoms with van der Waals surface area (Å²) in [4.78, 5) is 63.6. The third kappa shape index (κ3) is 6.17. The monoisotopic (exact) mass is 552 g/mol. The number of anilines is 3. The summed E-state index contributed by atoms with van der Waals surface area (Å²) in [5.74, 6) is -1.38. The zero-order valence-electron chi connectivity index (χ0n) is 23.1. The van der Waals surface area contributed by atoms with Crippen LogP contribution in [0.4, 0.5) is 26.7 Å². The number of nitrogens with zero attached hydrogens (tertiary/aromatic N) is 4. The second-order valence-electron chi connectivity index (χ2n) is 10.4. The molecule has 1 fully saturated rings. The van der Waals surface area contributed by atoms with Crippen LogP contribution in [0.1, 0.15) is 52.2 Å². The van der Waals surface area contributed by atoms with Crippen LogP contribution in [-0.4, -0.2) is 67.1 Å². The predicted molar refractivity (Wildman–Crippen MR) is 146 cm³/mol. The lowest BCUT2D eigenvalue weighted by Gasteiger charge is -2.19. The molecular formula is C26H32N8O6. The molecule has 0 bridgehead atoms. The zero-order chi connectivity index (χ0) is 29.4. The van der Waals surface area contributed by atoms with Gasteiger partial charge in [-0.3, -0.25) is 24.6 Å². The molecule has 0 atom stereocenters. The largest absolute Gasteiger partial charge is 0.444 e. The van der Waals surface area contributed by atoms with Gasteiger partial charge in [0, 0.05) is 52.8 Å². The van der Waals surface area contributed by atoms with Crippen molar-refractivity contribution in [3.63, 3.8) is 0 Å². The number of ether oxygens (including phenoxy) is 1. The standard InChI is InChI=1S/C26H32N8O6/c1-26(2,3)40-25(39)30-17-10-19(32(5)14-17)22(36)28-15-9-18(31(4)12-15)21(35)29-16-11-20(33(6)13-16)23(37)34-8-7-27-24(34)38/h9-14H,7-8H2,1-6H3,(H,27,38)(H,28,36)(H,29,35)(H,30,39). The van der Waals surface area contributed by atoms with Crippen molar-refractivity contribution < 1.29 is 28.7 Å².